The fraction of sp³-hybridized carbons (Fsp3) is 0.136. The molecule has 0 atom stereocenters. The molecule has 0 spiro atoms. The van der Waals surface area contributed by atoms with E-state index in [1.54, 1.807) is 29.8 Å². The summed E-state index contributed by atoms with van der Waals surface area (Å²) < 4.78 is 40.4. The number of rotatable bonds is 6. The van der Waals surface area contributed by atoms with Crippen molar-refractivity contribution in [2.75, 3.05) is 18.1 Å². The van der Waals surface area contributed by atoms with Crippen molar-refractivity contribution in [1.29, 1.82) is 0 Å². The summed E-state index contributed by atoms with van der Waals surface area (Å²) >= 11 is 0. The van der Waals surface area contributed by atoms with E-state index in [1.165, 1.54) is 23.2 Å². The molecule has 9 nitrogen and oxygen atoms in total. The van der Waals surface area contributed by atoms with Gasteiger partial charge in [-0.25, -0.2) is 15.0 Å². The molecule has 3 heterocycles. The van der Waals surface area contributed by atoms with Crippen LogP contribution in [0, 0.1) is 0 Å². The number of carbonyl (C=O) groups excluding carboxylic acids is 2. The zero-order valence-corrected chi connectivity index (χ0v) is 17.7. The van der Waals surface area contributed by atoms with Crippen LogP contribution in [0.3, 0.4) is 0 Å². The van der Waals surface area contributed by atoms with Gasteiger partial charge in [0, 0.05) is 36.8 Å². The molecule has 0 fully saturated rings. The quantitative estimate of drug-likeness (QED) is 0.419. The van der Waals surface area contributed by atoms with E-state index in [-0.39, 0.29) is 23.7 Å². The van der Waals surface area contributed by atoms with E-state index in [9.17, 15) is 22.8 Å². The summed E-state index contributed by atoms with van der Waals surface area (Å²) in [6, 6.07) is 7.87. The van der Waals surface area contributed by atoms with Crippen LogP contribution in [0.1, 0.15) is 21.7 Å². The van der Waals surface area contributed by atoms with Gasteiger partial charge in [-0.05, 0) is 24.3 Å². The number of carbonyl (C=O) groups is 2. The van der Waals surface area contributed by atoms with E-state index in [0.29, 0.717) is 29.0 Å². The summed E-state index contributed by atoms with van der Waals surface area (Å²) in [5, 5.41) is 2.36. The molecule has 0 saturated carbocycles. The van der Waals surface area contributed by atoms with Crippen LogP contribution in [-0.2, 0) is 17.5 Å². The van der Waals surface area contributed by atoms with Gasteiger partial charge in [0.1, 0.15) is 28.7 Å². The molecule has 1 aromatic carbocycles. The van der Waals surface area contributed by atoms with E-state index in [1.807, 2.05) is 0 Å². The van der Waals surface area contributed by atoms with E-state index < -0.39 is 17.6 Å². The van der Waals surface area contributed by atoms with Crippen molar-refractivity contribution in [1.82, 2.24) is 24.3 Å². The maximum atomic E-state index is 12.9. The predicted octanol–water partition coefficient (Wildman–Crippen LogP) is 3.23. The summed E-state index contributed by atoms with van der Waals surface area (Å²) in [6.45, 7) is 0.235. The number of aromatic nitrogens is 4. The van der Waals surface area contributed by atoms with Crippen LogP contribution in [0.4, 0.5) is 24.8 Å². The second-order valence-corrected chi connectivity index (χ2v) is 7.39. The third-order valence-electron chi connectivity index (χ3n) is 4.98. The first-order chi connectivity index (χ1) is 16.2. The Labute approximate surface area is 191 Å². The second kappa shape index (κ2) is 8.81. The first-order valence-electron chi connectivity index (χ1n) is 9.89. The molecular formula is C22H18F3N7O2. The van der Waals surface area contributed by atoms with Gasteiger partial charge in [0.2, 0.25) is 6.41 Å². The molecule has 174 valence electrons. The highest BCUT2D eigenvalue weighted by molar-refractivity contribution is 6.04. The molecule has 4 rings (SSSR count). The van der Waals surface area contributed by atoms with Crippen LogP contribution >= 0.6 is 0 Å². The average molecular weight is 469 g/mol. The Morgan fingerprint density at radius 3 is 2.59 bits per heavy atom. The Kier molecular flexibility index (Phi) is 5.88. The molecule has 0 bridgehead atoms. The van der Waals surface area contributed by atoms with Gasteiger partial charge in [-0.3, -0.25) is 14.0 Å². The predicted molar refractivity (Wildman–Crippen MR) is 118 cm³/mol. The minimum Gasteiger partial charge on any atom is -0.382 e. The molecule has 0 radical (unpaired) electrons. The van der Waals surface area contributed by atoms with Crippen LogP contribution in [0.2, 0.25) is 0 Å². The molecule has 0 saturated heterocycles. The summed E-state index contributed by atoms with van der Waals surface area (Å²) in [5.41, 5.74) is 7.04. The molecule has 0 aliphatic rings. The fourth-order valence-electron chi connectivity index (χ4n) is 3.34. The van der Waals surface area contributed by atoms with Crippen molar-refractivity contribution < 1.29 is 22.8 Å². The van der Waals surface area contributed by atoms with Gasteiger partial charge in [0.15, 0.2) is 0 Å². The maximum absolute atomic E-state index is 12.9. The topological polar surface area (TPSA) is 119 Å². The van der Waals surface area contributed by atoms with Crippen LogP contribution in [0.25, 0.3) is 16.8 Å². The van der Waals surface area contributed by atoms with Gasteiger partial charge in [0.05, 0.1) is 12.1 Å². The third-order valence-corrected chi connectivity index (χ3v) is 4.98. The molecule has 0 unspecified atom stereocenters. The van der Waals surface area contributed by atoms with Crippen molar-refractivity contribution >= 4 is 29.5 Å². The molecule has 2 amide bonds. The number of imidazole rings is 1. The van der Waals surface area contributed by atoms with Crippen molar-refractivity contribution in [3.63, 3.8) is 0 Å². The van der Waals surface area contributed by atoms with Crippen LogP contribution < -0.4 is 11.1 Å². The maximum Gasteiger partial charge on any atom is 0.416 e. The average Bonchev–Trinajstić information content (AvgIpc) is 3.18. The summed E-state index contributed by atoms with van der Waals surface area (Å²) in [4.78, 5) is 37.5. The Morgan fingerprint density at radius 1 is 1.18 bits per heavy atom. The lowest BCUT2D eigenvalue weighted by atomic mass is 10.1. The van der Waals surface area contributed by atoms with E-state index in [0.717, 1.165) is 18.3 Å². The number of amides is 2. The number of pyridine rings is 1. The molecule has 34 heavy (non-hydrogen) atoms. The molecule has 12 heteroatoms. The highest BCUT2D eigenvalue weighted by Crippen LogP contribution is 2.31. The molecule has 3 N–H and O–H groups in total. The summed E-state index contributed by atoms with van der Waals surface area (Å²) in [7, 11) is 1.62. The second-order valence-electron chi connectivity index (χ2n) is 7.39. The van der Waals surface area contributed by atoms with Crippen LogP contribution in [-0.4, -0.2) is 43.6 Å². The number of fused-ring (bicyclic) bond motifs is 1. The van der Waals surface area contributed by atoms with Crippen molar-refractivity contribution in [3.05, 3.63) is 71.9 Å². The van der Waals surface area contributed by atoms with Crippen LogP contribution in [0.5, 0.6) is 0 Å². The lowest BCUT2D eigenvalue weighted by Crippen LogP contribution is -2.17. The number of halogens is 3. The summed E-state index contributed by atoms with van der Waals surface area (Å²) in [5.74, 6) is -0.0390. The Hall–Kier alpha value is -4.48. The number of benzene rings is 1. The van der Waals surface area contributed by atoms with Gasteiger partial charge in [0.25, 0.3) is 5.91 Å². The highest BCUT2D eigenvalue weighted by Gasteiger charge is 2.31. The largest absolute Gasteiger partial charge is 0.416 e. The van der Waals surface area contributed by atoms with Gasteiger partial charge >= 0.3 is 6.18 Å². The molecule has 4 aromatic rings. The number of nitrogens with two attached hydrogens (primary N) is 1. The normalized spacial score (nSPS) is 11.4. The lowest BCUT2D eigenvalue weighted by molar-refractivity contribution is -0.137. The number of nitrogen functional groups attached to an aromatic ring is 1. The van der Waals surface area contributed by atoms with E-state index >= 15 is 0 Å². The number of hydrogen-bond donors (Lipinski definition) is 2. The molecular weight excluding hydrogens is 451 g/mol. The first-order valence-corrected chi connectivity index (χ1v) is 9.89. The minimum atomic E-state index is -4.55. The third kappa shape index (κ3) is 4.51. The van der Waals surface area contributed by atoms with Gasteiger partial charge in [-0.15, -0.1) is 0 Å². The zero-order valence-electron chi connectivity index (χ0n) is 17.7. The molecule has 3 aromatic heterocycles. The standard InChI is InChI=1S/C22H18F3N7O2/c1-31(12-33)11-17-30-18(19-20(26)28-8-9-32(17)19)13-2-4-14(5-3-13)21(34)29-16-10-15(6-7-27-16)22(23,24)25/h2-10,12H,11H2,1H3,(H2,26,28)(H,27,29,34). The van der Waals surface area contributed by atoms with Crippen molar-refractivity contribution in [3.8, 4) is 11.3 Å². The lowest BCUT2D eigenvalue weighted by Gasteiger charge is -2.09. The Bertz CT molecular complexity index is 1370. The smallest absolute Gasteiger partial charge is 0.382 e. The number of anilines is 2. The van der Waals surface area contributed by atoms with E-state index in [2.05, 4.69) is 20.3 Å². The fourth-order valence-corrected chi connectivity index (χ4v) is 3.34. The SMILES string of the molecule is CN(C=O)Cc1nc(-c2ccc(C(=O)Nc3cc(C(F)(F)F)ccn3)cc2)c2c(N)nccn12. The number of nitrogens with zero attached hydrogens (tertiary/aromatic N) is 5. The van der Waals surface area contributed by atoms with Crippen LogP contribution in [0.15, 0.2) is 55.0 Å². The Balaban J connectivity index is 1.62. The van der Waals surface area contributed by atoms with Gasteiger partial charge in [-0.2, -0.15) is 13.2 Å². The van der Waals surface area contributed by atoms with Gasteiger partial charge < -0.3 is 16.0 Å². The zero-order chi connectivity index (χ0) is 24.5. The van der Waals surface area contributed by atoms with Gasteiger partial charge in [-0.1, -0.05) is 12.1 Å². The monoisotopic (exact) mass is 469 g/mol. The number of alkyl halides is 3. The summed E-state index contributed by atoms with van der Waals surface area (Å²) in [6.07, 6.45) is 0.308. The molecule has 0 aliphatic carbocycles. The first kappa shape index (κ1) is 22.7. The molecule has 0 aliphatic heterocycles. The van der Waals surface area contributed by atoms with Crippen molar-refractivity contribution in [2.24, 2.45) is 0 Å². The highest BCUT2D eigenvalue weighted by atomic mass is 19.4. The number of hydrogen-bond acceptors (Lipinski definition) is 6. The van der Waals surface area contributed by atoms with Crippen molar-refractivity contribution in [2.45, 2.75) is 12.7 Å². The van der Waals surface area contributed by atoms with E-state index in [4.69, 9.17) is 5.73 Å². The number of nitrogens with one attached hydrogen (secondary N) is 1. The Morgan fingerprint density at radius 2 is 1.91 bits per heavy atom. The minimum absolute atomic E-state index is 0.207.